The van der Waals surface area contributed by atoms with Gasteiger partial charge in [-0.1, -0.05) is 12.2 Å². The van der Waals surface area contributed by atoms with Crippen LogP contribution in [0.15, 0.2) is 53.5 Å². The van der Waals surface area contributed by atoms with Crippen LogP contribution in [0.3, 0.4) is 0 Å². The zero-order valence-electron chi connectivity index (χ0n) is 6.99. The van der Waals surface area contributed by atoms with Gasteiger partial charge in [0.2, 0.25) is 0 Å². The van der Waals surface area contributed by atoms with Gasteiger partial charge in [0.25, 0.3) is 0 Å². The Labute approximate surface area is 76.2 Å². The molecule has 0 spiro atoms. The number of carbonyl (C=O) groups is 1. The van der Waals surface area contributed by atoms with Crippen LogP contribution < -0.4 is 0 Å². The number of hydrogen-bond donors (Lipinski definition) is 0. The molecule has 0 fully saturated rings. The quantitative estimate of drug-likeness (QED) is 0.412. The molecule has 0 saturated heterocycles. The lowest BCUT2D eigenvalue weighted by Crippen LogP contribution is -2.00. The van der Waals surface area contributed by atoms with E-state index < -0.39 is 0 Å². The molecule has 0 saturated carbocycles. The molecule has 0 atom stereocenters. The summed E-state index contributed by atoms with van der Waals surface area (Å²) in [4.78, 5) is 11.1. The molecule has 0 aromatic heterocycles. The van der Waals surface area contributed by atoms with Crippen molar-refractivity contribution in [1.82, 2.24) is 0 Å². The van der Waals surface area contributed by atoms with Gasteiger partial charge in [0.15, 0.2) is 0 Å². The molecule has 1 aliphatic heterocycles. The second-order valence-corrected chi connectivity index (χ2v) is 2.73. The lowest BCUT2D eigenvalue weighted by Gasteiger charge is -2.03. The molecule has 2 rings (SSSR count). The molecule has 0 aromatic rings. The molecule has 1 aliphatic carbocycles. The summed E-state index contributed by atoms with van der Waals surface area (Å²) in [5.41, 5.74) is 3.82. The van der Waals surface area contributed by atoms with Crippen molar-refractivity contribution in [3.05, 3.63) is 53.5 Å². The van der Waals surface area contributed by atoms with Crippen LogP contribution in [-0.4, -0.2) is 5.97 Å². The van der Waals surface area contributed by atoms with Crippen LogP contribution in [0, 0.1) is 0 Å². The Kier molecular flexibility index (Phi) is 1.99. The van der Waals surface area contributed by atoms with E-state index in [0.29, 0.717) is 12.2 Å². The first-order valence-corrected chi connectivity index (χ1v) is 4.07. The standard InChI is InChI=1S/C11H8O2/c12-11-8-4-6-9-5-2-1-3-7-10(9)13-11/h2-7H,8H2. The van der Waals surface area contributed by atoms with Crippen LogP contribution in [-0.2, 0) is 9.53 Å². The van der Waals surface area contributed by atoms with E-state index in [4.69, 9.17) is 4.74 Å². The summed E-state index contributed by atoms with van der Waals surface area (Å²) in [7, 11) is 0. The van der Waals surface area contributed by atoms with E-state index in [-0.39, 0.29) is 5.97 Å². The summed E-state index contributed by atoms with van der Waals surface area (Å²) < 4.78 is 5.10. The Morgan fingerprint density at radius 1 is 1.31 bits per heavy atom. The molecule has 2 heteroatoms. The average molecular weight is 172 g/mol. The Bertz CT molecular complexity index is 388. The summed E-state index contributed by atoms with van der Waals surface area (Å²) in [5, 5.41) is 0. The molecule has 0 aromatic carbocycles. The lowest BCUT2D eigenvalue weighted by atomic mass is 10.2. The zero-order chi connectivity index (χ0) is 9.10. The number of hydrogen-bond acceptors (Lipinski definition) is 2. The molecule has 64 valence electrons. The monoisotopic (exact) mass is 172 g/mol. The molecule has 0 amide bonds. The van der Waals surface area contributed by atoms with Crippen LogP contribution >= 0.6 is 0 Å². The summed E-state index contributed by atoms with van der Waals surface area (Å²) in [6.45, 7) is 0. The van der Waals surface area contributed by atoms with E-state index in [1.165, 1.54) is 0 Å². The van der Waals surface area contributed by atoms with Crippen LogP contribution in [0.25, 0.3) is 0 Å². The van der Waals surface area contributed by atoms with Gasteiger partial charge in [-0.15, -0.1) is 5.73 Å². The summed E-state index contributed by atoms with van der Waals surface area (Å²) in [6.07, 6.45) is 11.1. The fourth-order valence-electron chi connectivity index (χ4n) is 1.17. The van der Waals surface area contributed by atoms with Gasteiger partial charge in [-0.05, 0) is 24.3 Å². The first kappa shape index (κ1) is 7.84. The topological polar surface area (TPSA) is 26.3 Å². The molecule has 1 heterocycles. The minimum absolute atomic E-state index is 0.221. The summed E-state index contributed by atoms with van der Waals surface area (Å²) in [5.74, 6) is 0.376. The van der Waals surface area contributed by atoms with Crippen LogP contribution in [0.4, 0.5) is 0 Å². The lowest BCUT2D eigenvalue weighted by molar-refractivity contribution is -0.137. The second kappa shape index (κ2) is 3.30. The summed E-state index contributed by atoms with van der Waals surface area (Å²) >= 11 is 0. The third-order valence-electron chi connectivity index (χ3n) is 1.78. The molecule has 0 N–H and O–H groups in total. The Hall–Kier alpha value is -1.79. The minimum atomic E-state index is -0.221. The largest absolute Gasteiger partial charge is 0.426 e. The van der Waals surface area contributed by atoms with Gasteiger partial charge >= 0.3 is 5.97 Å². The molecule has 2 nitrogen and oxygen atoms in total. The highest BCUT2D eigenvalue weighted by molar-refractivity contribution is 5.74. The van der Waals surface area contributed by atoms with Gasteiger partial charge in [-0.3, -0.25) is 4.79 Å². The van der Waals surface area contributed by atoms with E-state index in [1.54, 1.807) is 24.3 Å². The molecular formula is C11H8O2. The predicted molar refractivity (Wildman–Crippen MR) is 48.7 cm³/mol. The van der Waals surface area contributed by atoms with Crippen molar-refractivity contribution in [3.63, 3.8) is 0 Å². The Morgan fingerprint density at radius 3 is 3.08 bits per heavy atom. The molecule has 0 unspecified atom stereocenters. The third-order valence-corrected chi connectivity index (χ3v) is 1.78. The van der Waals surface area contributed by atoms with Crippen molar-refractivity contribution in [1.29, 1.82) is 0 Å². The fourth-order valence-corrected chi connectivity index (χ4v) is 1.17. The van der Waals surface area contributed by atoms with Crippen molar-refractivity contribution in [2.75, 3.05) is 0 Å². The van der Waals surface area contributed by atoms with E-state index in [1.807, 2.05) is 12.2 Å². The first-order chi connectivity index (χ1) is 6.36. The highest BCUT2D eigenvalue weighted by Gasteiger charge is 2.12. The van der Waals surface area contributed by atoms with Gasteiger partial charge in [0.1, 0.15) is 5.76 Å². The molecular weight excluding hydrogens is 164 g/mol. The Balaban J connectivity index is 2.42. The number of rotatable bonds is 0. The van der Waals surface area contributed by atoms with Crippen molar-refractivity contribution < 1.29 is 9.53 Å². The smallest absolute Gasteiger partial charge is 0.315 e. The van der Waals surface area contributed by atoms with Gasteiger partial charge < -0.3 is 4.74 Å². The molecule has 0 bridgehead atoms. The second-order valence-electron chi connectivity index (χ2n) is 2.73. The number of esters is 1. The predicted octanol–water partition coefficient (Wildman–Crippen LogP) is 2.02. The summed E-state index contributed by atoms with van der Waals surface area (Å²) in [6, 6.07) is 0. The van der Waals surface area contributed by atoms with E-state index in [9.17, 15) is 4.79 Å². The number of ether oxygens (including phenoxy) is 1. The van der Waals surface area contributed by atoms with Gasteiger partial charge in [-0.25, -0.2) is 0 Å². The normalized spacial score (nSPS) is 19.5. The minimum Gasteiger partial charge on any atom is -0.426 e. The first-order valence-electron chi connectivity index (χ1n) is 4.07. The average Bonchev–Trinajstić information content (AvgIpc) is 2.38. The molecule has 0 radical (unpaired) electrons. The van der Waals surface area contributed by atoms with Gasteiger partial charge in [0, 0.05) is 5.57 Å². The maximum Gasteiger partial charge on any atom is 0.315 e. The fraction of sp³-hybridized carbons (Fsp3) is 0.0909. The number of allylic oxidation sites excluding steroid dienone is 4. The van der Waals surface area contributed by atoms with Crippen molar-refractivity contribution in [2.45, 2.75) is 6.42 Å². The third kappa shape index (κ3) is 1.68. The van der Waals surface area contributed by atoms with E-state index >= 15 is 0 Å². The van der Waals surface area contributed by atoms with Gasteiger partial charge in [-0.2, -0.15) is 0 Å². The van der Waals surface area contributed by atoms with Crippen molar-refractivity contribution in [2.24, 2.45) is 0 Å². The number of carbonyl (C=O) groups excluding carboxylic acids is 1. The highest BCUT2D eigenvalue weighted by Crippen LogP contribution is 2.19. The van der Waals surface area contributed by atoms with Gasteiger partial charge in [0.05, 0.1) is 6.42 Å². The Morgan fingerprint density at radius 2 is 2.15 bits per heavy atom. The zero-order valence-corrected chi connectivity index (χ0v) is 6.99. The van der Waals surface area contributed by atoms with Crippen molar-refractivity contribution in [3.8, 4) is 0 Å². The molecule has 2 aliphatic rings. The van der Waals surface area contributed by atoms with Crippen molar-refractivity contribution >= 4 is 5.97 Å². The maximum atomic E-state index is 11.1. The maximum absolute atomic E-state index is 11.1. The van der Waals surface area contributed by atoms with Crippen LogP contribution in [0.5, 0.6) is 0 Å². The van der Waals surface area contributed by atoms with Crippen LogP contribution in [0.1, 0.15) is 6.42 Å². The highest BCUT2D eigenvalue weighted by atomic mass is 16.5. The van der Waals surface area contributed by atoms with E-state index in [0.717, 1.165) is 5.57 Å². The SMILES string of the molecule is O=C1CC=CC2=CC=C=CC=C2O1. The van der Waals surface area contributed by atoms with Crippen LogP contribution in [0.2, 0.25) is 0 Å². The number of fused-ring (bicyclic) bond motifs is 1. The molecule has 13 heavy (non-hydrogen) atoms. The van der Waals surface area contributed by atoms with E-state index in [2.05, 4.69) is 5.73 Å².